The summed E-state index contributed by atoms with van der Waals surface area (Å²) in [6, 6.07) is 29.7. The van der Waals surface area contributed by atoms with Gasteiger partial charge in [-0.25, -0.2) is 5.01 Å². The molecule has 0 spiro atoms. The topological polar surface area (TPSA) is 74.8 Å². The minimum atomic E-state index is -1.16. The first-order valence-corrected chi connectivity index (χ1v) is 14.0. The third-order valence-corrected chi connectivity index (χ3v) is 9.09. The number of rotatable bonds is 5. The summed E-state index contributed by atoms with van der Waals surface area (Å²) in [5.41, 5.74) is 4.58. The van der Waals surface area contributed by atoms with Gasteiger partial charge in [0.15, 0.2) is 5.78 Å². The van der Waals surface area contributed by atoms with Crippen molar-refractivity contribution in [2.75, 3.05) is 0 Å². The van der Waals surface area contributed by atoms with Crippen molar-refractivity contribution in [2.45, 2.75) is 24.8 Å². The maximum absolute atomic E-state index is 14.5. The van der Waals surface area contributed by atoms with Gasteiger partial charge in [-0.1, -0.05) is 103 Å². The van der Waals surface area contributed by atoms with Crippen molar-refractivity contribution in [1.29, 1.82) is 0 Å². The monoisotopic (exact) mass is 560 g/mol. The third-order valence-electron chi connectivity index (χ3n) is 8.76. The van der Waals surface area contributed by atoms with Gasteiger partial charge in [-0.2, -0.15) is 5.01 Å². The Morgan fingerprint density at radius 2 is 1.12 bits per heavy atom. The minimum Gasteiger partial charge on any atom is -0.292 e. The van der Waals surface area contributed by atoms with Crippen molar-refractivity contribution in [3.63, 3.8) is 0 Å². The van der Waals surface area contributed by atoms with Crippen LogP contribution < -0.4 is 0 Å². The summed E-state index contributed by atoms with van der Waals surface area (Å²) in [4.78, 5) is 56.8. The van der Waals surface area contributed by atoms with Gasteiger partial charge in [0.05, 0.1) is 22.4 Å². The van der Waals surface area contributed by atoms with E-state index in [1.54, 1.807) is 55.5 Å². The zero-order valence-corrected chi connectivity index (χ0v) is 22.9. The van der Waals surface area contributed by atoms with Crippen LogP contribution in [0.25, 0.3) is 0 Å². The molecule has 3 aliphatic carbocycles. The number of Topliss-reactive ketones (excluding diaryl/α,β-unsaturated/α-hetero) is 1. The van der Waals surface area contributed by atoms with Gasteiger partial charge < -0.3 is 0 Å². The van der Waals surface area contributed by atoms with Crippen LogP contribution in [-0.2, 0) is 9.59 Å². The summed E-state index contributed by atoms with van der Waals surface area (Å²) in [7, 11) is 0. The first kappa shape index (κ1) is 25.4. The molecule has 0 radical (unpaired) electrons. The summed E-state index contributed by atoms with van der Waals surface area (Å²) in [5.74, 6) is -4.10. The van der Waals surface area contributed by atoms with Gasteiger partial charge in [-0.3, -0.25) is 19.2 Å². The van der Waals surface area contributed by atoms with E-state index in [1.807, 2.05) is 48.5 Å². The average Bonchev–Trinajstić information content (AvgIpc) is 3.27. The maximum atomic E-state index is 14.5. The Kier molecular flexibility index (Phi) is 5.91. The van der Waals surface area contributed by atoms with E-state index >= 15 is 0 Å². The van der Waals surface area contributed by atoms with Crippen LogP contribution >= 0.6 is 11.6 Å². The lowest BCUT2D eigenvalue weighted by atomic mass is 9.55. The van der Waals surface area contributed by atoms with E-state index in [0.29, 0.717) is 5.56 Å². The van der Waals surface area contributed by atoms with E-state index in [-0.39, 0.29) is 22.4 Å². The third kappa shape index (κ3) is 3.64. The number of benzene rings is 4. The van der Waals surface area contributed by atoms with Gasteiger partial charge in [0.1, 0.15) is 6.04 Å². The summed E-state index contributed by atoms with van der Waals surface area (Å²) >= 11 is 6.42. The van der Waals surface area contributed by atoms with Gasteiger partial charge in [0.25, 0.3) is 17.7 Å². The van der Waals surface area contributed by atoms with Crippen molar-refractivity contribution < 1.29 is 19.2 Å². The second kappa shape index (κ2) is 9.53. The fraction of sp³-hybridized carbons (Fsp3) is 0.176. The predicted octanol–water partition coefficient (Wildman–Crippen LogP) is 5.86. The first-order chi connectivity index (χ1) is 19.9. The first-order valence-electron chi connectivity index (χ1n) is 13.6. The number of hydrogen-bond acceptors (Lipinski definition) is 4. The highest BCUT2D eigenvalue weighted by Crippen LogP contribution is 2.61. The predicted molar refractivity (Wildman–Crippen MR) is 153 cm³/mol. The van der Waals surface area contributed by atoms with Crippen molar-refractivity contribution >= 4 is 35.1 Å². The molecule has 41 heavy (non-hydrogen) atoms. The molecule has 1 heterocycles. The van der Waals surface area contributed by atoms with Crippen LogP contribution in [0.1, 0.15) is 61.7 Å². The summed E-state index contributed by atoms with van der Waals surface area (Å²) in [6.07, 6.45) is 0. The molecule has 0 saturated carbocycles. The number of carbonyl (C=O) groups excluding carboxylic acids is 4. The second-order valence-corrected chi connectivity index (χ2v) is 11.2. The molecule has 7 heteroatoms. The molecule has 0 unspecified atom stereocenters. The molecular formula is C34H25ClN2O4. The van der Waals surface area contributed by atoms with Crippen LogP contribution in [-0.4, -0.2) is 39.6 Å². The highest BCUT2D eigenvalue weighted by atomic mass is 35.5. The molecule has 2 bridgehead atoms. The summed E-state index contributed by atoms with van der Waals surface area (Å²) in [6.45, 7) is 1.55. The molecule has 202 valence electrons. The normalized spacial score (nSPS) is 22.5. The standard InChI is InChI=1S/C34H25ClN2O4/c1-19(31(38)20-11-3-2-4-12-20)36(32(39)25-17-9-10-18-26(25)35)37-33(40)29-27-21-13-5-6-14-22(21)28(30(29)34(37)41)24-16-8-7-15-23(24)27/h2-19,27-30H,1H3/t19-,27?,28?,29-,30+/m1/s1. The van der Waals surface area contributed by atoms with Crippen LogP contribution in [0, 0.1) is 11.8 Å². The Balaban J connectivity index is 1.37. The van der Waals surface area contributed by atoms with Crippen LogP contribution in [0.5, 0.6) is 0 Å². The molecule has 8 rings (SSSR count). The van der Waals surface area contributed by atoms with Crippen molar-refractivity contribution in [2.24, 2.45) is 11.8 Å². The molecule has 1 saturated heterocycles. The second-order valence-electron chi connectivity index (χ2n) is 10.8. The molecule has 0 N–H and O–H groups in total. The number of hydrogen-bond donors (Lipinski definition) is 0. The van der Waals surface area contributed by atoms with E-state index in [9.17, 15) is 19.2 Å². The molecule has 6 nitrogen and oxygen atoms in total. The SMILES string of the molecule is C[C@H](C(=O)c1ccccc1)N(C(=O)c1ccccc1Cl)N1C(=O)[C@@H]2C3c4ccccc4C(c4ccccc43)[C@@H]2C1=O. The highest BCUT2D eigenvalue weighted by molar-refractivity contribution is 6.34. The smallest absolute Gasteiger partial charge is 0.275 e. The van der Waals surface area contributed by atoms with E-state index in [0.717, 1.165) is 32.3 Å². The van der Waals surface area contributed by atoms with E-state index < -0.39 is 41.4 Å². The highest BCUT2D eigenvalue weighted by Gasteiger charge is 2.63. The summed E-state index contributed by atoms with van der Waals surface area (Å²) in [5, 5.41) is 2.15. The number of carbonyl (C=O) groups is 4. The lowest BCUT2D eigenvalue weighted by molar-refractivity contribution is -0.156. The molecule has 4 aromatic carbocycles. The van der Waals surface area contributed by atoms with Gasteiger partial charge in [-0.15, -0.1) is 0 Å². The number of halogens is 1. The zero-order chi connectivity index (χ0) is 28.4. The Morgan fingerprint density at radius 3 is 1.61 bits per heavy atom. The number of hydrazine groups is 1. The fourth-order valence-electron chi connectivity index (χ4n) is 7.03. The van der Waals surface area contributed by atoms with Gasteiger partial charge >= 0.3 is 0 Å². The Labute approximate surface area is 242 Å². The van der Waals surface area contributed by atoms with Gasteiger partial charge in [0, 0.05) is 17.4 Å². The maximum Gasteiger partial charge on any atom is 0.275 e. The van der Waals surface area contributed by atoms with Gasteiger partial charge in [-0.05, 0) is 41.3 Å². The van der Waals surface area contributed by atoms with Crippen LogP contribution in [0.3, 0.4) is 0 Å². The molecule has 3 amide bonds. The Morgan fingerprint density at radius 1 is 0.683 bits per heavy atom. The van der Waals surface area contributed by atoms with E-state index in [2.05, 4.69) is 0 Å². The Bertz CT molecular complexity index is 1640. The van der Waals surface area contributed by atoms with Crippen LogP contribution in [0.15, 0.2) is 103 Å². The van der Waals surface area contributed by atoms with Gasteiger partial charge in [0.2, 0.25) is 0 Å². The zero-order valence-electron chi connectivity index (χ0n) is 22.1. The molecule has 3 atom stereocenters. The molecular weight excluding hydrogens is 536 g/mol. The molecule has 0 aromatic heterocycles. The fourth-order valence-corrected chi connectivity index (χ4v) is 7.24. The average molecular weight is 561 g/mol. The van der Waals surface area contributed by atoms with Crippen molar-refractivity contribution in [3.8, 4) is 0 Å². The molecule has 1 aliphatic heterocycles. The number of nitrogens with zero attached hydrogens (tertiary/aromatic N) is 2. The van der Waals surface area contributed by atoms with Crippen LogP contribution in [0.2, 0.25) is 5.02 Å². The largest absolute Gasteiger partial charge is 0.292 e. The Hall–Kier alpha value is -4.55. The molecule has 4 aliphatic rings. The number of imide groups is 1. The van der Waals surface area contributed by atoms with Crippen molar-refractivity contribution in [1.82, 2.24) is 10.0 Å². The van der Waals surface area contributed by atoms with E-state index in [4.69, 9.17) is 11.6 Å². The quantitative estimate of drug-likeness (QED) is 0.226. The lowest BCUT2D eigenvalue weighted by Gasteiger charge is -2.45. The minimum absolute atomic E-state index is 0.104. The number of amides is 3. The molecule has 4 aromatic rings. The molecule has 1 fully saturated rings. The summed E-state index contributed by atoms with van der Waals surface area (Å²) < 4.78 is 0. The number of ketones is 1. The van der Waals surface area contributed by atoms with Crippen molar-refractivity contribution in [3.05, 3.63) is 142 Å². The lowest BCUT2D eigenvalue weighted by Crippen LogP contribution is -2.56. The van der Waals surface area contributed by atoms with E-state index in [1.165, 1.54) is 6.07 Å². The van der Waals surface area contributed by atoms with Crippen LogP contribution in [0.4, 0.5) is 0 Å².